The molecule has 2 bridgehead atoms. The average Bonchev–Trinajstić information content (AvgIpc) is 3.19. The molecule has 0 radical (unpaired) electrons. The number of anilines is 1. The number of nitrogens with zero attached hydrogens (tertiary/aromatic N) is 3. The number of carbonyl (C=O) groups is 1. The van der Waals surface area contributed by atoms with Gasteiger partial charge in [0.2, 0.25) is 0 Å². The van der Waals surface area contributed by atoms with Crippen LogP contribution in [0.3, 0.4) is 0 Å². The Morgan fingerprint density at radius 3 is 2.61 bits per heavy atom. The van der Waals surface area contributed by atoms with Gasteiger partial charge in [-0.2, -0.15) is 10.4 Å². The van der Waals surface area contributed by atoms with Crippen molar-refractivity contribution in [2.24, 2.45) is 11.8 Å². The van der Waals surface area contributed by atoms with E-state index >= 15 is 0 Å². The van der Waals surface area contributed by atoms with Gasteiger partial charge in [-0.1, -0.05) is 12.8 Å². The Kier molecular flexibility index (Phi) is 5.80. The lowest BCUT2D eigenvalue weighted by Gasteiger charge is -2.43. The summed E-state index contributed by atoms with van der Waals surface area (Å²) < 4.78 is 28.4. The average molecular weight is 425 g/mol. The summed E-state index contributed by atoms with van der Waals surface area (Å²) in [5, 5.41) is 27.2. The molecule has 6 rings (SSSR count). The second-order valence-electron chi connectivity index (χ2n) is 7.99. The number of H-pyrrole nitrogens is 1. The van der Waals surface area contributed by atoms with Gasteiger partial charge >= 0.3 is 0 Å². The van der Waals surface area contributed by atoms with Crippen LogP contribution in [0.25, 0.3) is 22.3 Å². The fourth-order valence-corrected chi connectivity index (χ4v) is 4.82. The van der Waals surface area contributed by atoms with Crippen LogP contribution < -0.4 is 5.32 Å². The fraction of sp³-hybridized carbons (Fsp3) is 0.364. The Morgan fingerprint density at radius 1 is 1.23 bits per heavy atom. The minimum absolute atomic E-state index is 0.169. The molecule has 0 spiro atoms. The maximum Gasteiger partial charge on any atom is 0.290 e. The molecular weight excluding hydrogens is 404 g/mol. The fourth-order valence-electron chi connectivity index (χ4n) is 4.82. The van der Waals surface area contributed by atoms with E-state index in [1.165, 1.54) is 37.8 Å². The molecule has 3 N–H and O–H groups in total. The summed E-state index contributed by atoms with van der Waals surface area (Å²) in [6, 6.07) is 6.47. The maximum absolute atomic E-state index is 14.7. The van der Waals surface area contributed by atoms with Crippen molar-refractivity contribution in [2.45, 2.75) is 38.1 Å². The molecular formula is C22H21F2N5O2. The highest BCUT2D eigenvalue weighted by Gasteiger charge is 2.35. The summed E-state index contributed by atoms with van der Waals surface area (Å²) in [4.78, 5) is 12.3. The number of aromatic nitrogens is 3. The number of benzene rings is 1. The molecule has 31 heavy (non-hydrogen) atoms. The Bertz CT molecular complexity index is 1150. The van der Waals surface area contributed by atoms with Crippen molar-refractivity contribution in [3.8, 4) is 17.3 Å². The topological polar surface area (TPSA) is 115 Å². The number of halogens is 2. The first-order chi connectivity index (χ1) is 15.0. The van der Waals surface area contributed by atoms with Crippen LogP contribution in [0.5, 0.6) is 0 Å². The number of aromatic amines is 1. The van der Waals surface area contributed by atoms with Crippen LogP contribution in [0.2, 0.25) is 0 Å². The van der Waals surface area contributed by atoms with Crippen LogP contribution in [0.1, 0.15) is 37.7 Å². The first-order valence-corrected chi connectivity index (χ1v) is 10.1. The molecule has 0 saturated heterocycles. The summed E-state index contributed by atoms with van der Waals surface area (Å²) in [6.07, 6.45) is 7.05. The summed E-state index contributed by atoms with van der Waals surface area (Å²) in [5.41, 5.74) is 1.85. The number of rotatable bonds is 3. The molecule has 2 aromatic heterocycles. The number of pyridine rings is 1. The van der Waals surface area contributed by atoms with Crippen molar-refractivity contribution in [3.05, 3.63) is 41.6 Å². The Labute approximate surface area is 177 Å². The third kappa shape index (κ3) is 4.06. The van der Waals surface area contributed by atoms with Crippen molar-refractivity contribution in [1.29, 1.82) is 5.26 Å². The molecule has 3 aromatic rings. The normalized spacial score (nSPS) is 21.8. The smallest absolute Gasteiger partial charge is 0.290 e. The van der Waals surface area contributed by atoms with Gasteiger partial charge in [0, 0.05) is 17.0 Å². The zero-order chi connectivity index (χ0) is 22.0. The first-order valence-electron chi connectivity index (χ1n) is 10.1. The Morgan fingerprint density at radius 2 is 1.97 bits per heavy atom. The van der Waals surface area contributed by atoms with Gasteiger partial charge in [-0.15, -0.1) is 0 Å². The van der Waals surface area contributed by atoms with E-state index in [0.29, 0.717) is 39.8 Å². The molecule has 9 heteroatoms. The number of carboxylic acid groups (broad SMARTS) is 1. The lowest BCUT2D eigenvalue weighted by atomic mass is 9.68. The minimum Gasteiger partial charge on any atom is -0.483 e. The van der Waals surface area contributed by atoms with E-state index < -0.39 is 11.6 Å². The lowest BCUT2D eigenvalue weighted by molar-refractivity contribution is -0.122. The summed E-state index contributed by atoms with van der Waals surface area (Å²) in [7, 11) is 0. The highest BCUT2D eigenvalue weighted by atomic mass is 19.1. The third-order valence-corrected chi connectivity index (χ3v) is 6.26. The van der Waals surface area contributed by atoms with Gasteiger partial charge in [-0.25, -0.2) is 13.8 Å². The molecule has 160 valence electrons. The monoisotopic (exact) mass is 425 g/mol. The molecule has 3 aliphatic carbocycles. The maximum atomic E-state index is 14.7. The number of nitriles is 1. The second-order valence-corrected chi connectivity index (χ2v) is 7.99. The summed E-state index contributed by atoms with van der Waals surface area (Å²) in [6.45, 7) is -0.250. The van der Waals surface area contributed by atoms with Crippen molar-refractivity contribution in [3.63, 3.8) is 0 Å². The van der Waals surface area contributed by atoms with Crippen LogP contribution in [0, 0.1) is 34.8 Å². The summed E-state index contributed by atoms with van der Waals surface area (Å²) >= 11 is 0. The molecule has 3 aliphatic rings. The standard InChI is InChI=1S/C21H19F2N5.CH2O2/c22-14-7-16-20(27-28-21(16)25-10-14)15-8-19(17(23)6-13(15)9-24)26-18-5-11-1-3-12(18)4-2-11;2-1-3/h6-8,10-12,18,26H,1-5H2,(H,25,27,28);1H,(H,2,3)/t11?,12?,18-;/m1./s1. The van der Waals surface area contributed by atoms with Crippen molar-refractivity contribution < 1.29 is 18.7 Å². The van der Waals surface area contributed by atoms with Gasteiger partial charge in [0.1, 0.15) is 11.6 Å². The van der Waals surface area contributed by atoms with Gasteiger partial charge in [0.15, 0.2) is 5.65 Å². The lowest BCUT2D eigenvalue weighted by Crippen LogP contribution is -2.40. The predicted octanol–water partition coefficient (Wildman–Crippen LogP) is 4.47. The largest absolute Gasteiger partial charge is 0.483 e. The molecule has 0 amide bonds. The number of hydrogen-bond donors (Lipinski definition) is 3. The van der Waals surface area contributed by atoms with Crippen molar-refractivity contribution >= 4 is 23.2 Å². The second kappa shape index (κ2) is 8.68. The minimum atomic E-state index is -0.493. The van der Waals surface area contributed by atoms with E-state index in [9.17, 15) is 14.0 Å². The van der Waals surface area contributed by atoms with Crippen LogP contribution in [0.15, 0.2) is 24.4 Å². The van der Waals surface area contributed by atoms with Gasteiger partial charge in [-0.3, -0.25) is 9.89 Å². The predicted molar refractivity (Wildman–Crippen MR) is 110 cm³/mol. The Hall–Kier alpha value is -3.54. The molecule has 0 aliphatic heterocycles. The van der Waals surface area contributed by atoms with Gasteiger partial charge < -0.3 is 10.4 Å². The zero-order valence-corrected chi connectivity index (χ0v) is 16.6. The zero-order valence-electron chi connectivity index (χ0n) is 16.6. The van der Waals surface area contributed by atoms with E-state index in [4.69, 9.17) is 9.90 Å². The van der Waals surface area contributed by atoms with Crippen LogP contribution in [-0.2, 0) is 4.79 Å². The van der Waals surface area contributed by atoms with Gasteiger partial charge in [0.05, 0.1) is 29.2 Å². The molecule has 1 atom stereocenters. The molecule has 7 nitrogen and oxygen atoms in total. The molecule has 3 fully saturated rings. The molecule has 2 heterocycles. The van der Waals surface area contributed by atoms with Crippen molar-refractivity contribution in [1.82, 2.24) is 15.2 Å². The van der Waals surface area contributed by atoms with Crippen molar-refractivity contribution in [2.75, 3.05) is 5.32 Å². The molecule has 1 aromatic carbocycles. The van der Waals surface area contributed by atoms with Crippen LogP contribution in [0.4, 0.5) is 14.5 Å². The van der Waals surface area contributed by atoms with E-state index in [2.05, 4.69) is 20.5 Å². The number of nitrogens with one attached hydrogen (secondary N) is 2. The van der Waals surface area contributed by atoms with Crippen LogP contribution in [-0.4, -0.2) is 32.8 Å². The molecule has 0 unspecified atom stereocenters. The third-order valence-electron chi connectivity index (χ3n) is 6.26. The van der Waals surface area contributed by atoms with Crippen LogP contribution >= 0.6 is 0 Å². The first kappa shape index (κ1) is 20.7. The Balaban J connectivity index is 0.000000730. The quantitative estimate of drug-likeness (QED) is 0.534. The van der Waals surface area contributed by atoms with E-state index in [1.54, 1.807) is 6.07 Å². The van der Waals surface area contributed by atoms with Gasteiger partial charge in [0.25, 0.3) is 6.47 Å². The highest BCUT2D eigenvalue weighted by Crippen LogP contribution is 2.43. The summed E-state index contributed by atoms with van der Waals surface area (Å²) in [5.74, 6) is 0.339. The van der Waals surface area contributed by atoms with E-state index in [-0.39, 0.29) is 18.1 Å². The number of hydrogen-bond acceptors (Lipinski definition) is 5. The SMILES string of the molecule is N#Cc1cc(F)c(N[C@@H]2CC3CCC2CC3)cc1-c1[nH]nc2ncc(F)cc12.O=CO. The highest BCUT2D eigenvalue weighted by molar-refractivity contribution is 5.93. The van der Waals surface area contributed by atoms with E-state index in [0.717, 1.165) is 12.6 Å². The number of fused-ring (bicyclic) bond motifs is 4. The van der Waals surface area contributed by atoms with E-state index in [1.807, 2.05) is 6.07 Å². The molecule has 3 saturated carbocycles. The van der Waals surface area contributed by atoms with Gasteiger partial charge in [-0.05, 0) is 49.3 Å².